The maximum atomic E-state index is 12.9. The number of thiazole rings is 1. The third-order valence-corrected chi connectivity index (χ3v) is 5.41. The number of carbonyl (C=O) groups excluding carboxylic acids is 1. The third kappa shape index (κ3) is 3.66. The van der Waals surface area contributed by atoms with Crippen molar-refractivity contribution in [2.75, 3.05) is 7.11 Å². The predicted octanol–water partition coefficient (Wildman–Crippen LogP) is 4.74. The summed E-state index contributed by atoms with van der Waals surface area (Å²) in [5.74, 6) is -0.142. The van der Waals surface area contributed by atoms with Gasteiger partial charge >= 0.3 is 12.1 Å². The number of rotatable bonds is 5. The van der Waals surface area contributed by atoms with Crippen LogP contribution in [0.25, 0.3) is 11.3 Å². The molecule has 0 N–H and O–H groups in total. The van der Waals surface area contributed by atoms with Crippen LogP contribution in [0.5, 0.6) is 0 Å². The molecule has 0 bridgehead atoms. The number of nitrogens with zero attached hydrogens (tertiary/aromatic N) is 3. The second-order valence-electron chi connectivity index (χ2n) is 6.57. The quantitative estimate of drug-likeness (QED) is 0.574. The molecule has 0 amide bonds. The first-order valence-electron chi connectivity index (χ1n) is 8.63. The van der Waals surface area contributed by atoms with Crippen LogP contribution >= 0.6 is 11.3 Å². The van der Waals surface area contributed by atoms with Crippen LogP contribution < -0.4 is 0 Å². The Hall–Kier alpha value is -2.68. The van der Waals surface area contributed by atoms with Crippen molar-refractivity contribution in [2.45, 2.75) is 31.5 Å². The topological polar surface area (TPSA) is 57.0 Å². The largest absolute Gasteiger partial charge is 0.465 e. The van der Waals surface area contributed by atoms with E-state index in [1.807, 2.05) is 0 Å². The number of hydrogen-bond donors (Lipinski definition) is 0. The molecule has 2 aromatic heterocycles. The first kappa shape index (κ1) is 18.7. The highest BCUT2D eigenvalue weighted by atomic mass is 32.1. The maximum Gasteiger partial charge on any atom is 0.416 e. The second kappa shape index (κ2) is 7.05. The Kier molecular flexibility index (Phi) is 4.70. The molecule has 0 saturated heterocycles. The summed E-state index contributed by atoms with van der Waals surface area (Å²) >= 11 is 1.35. The number of esters is 1. The highest BCUT2D eigenvalue weighted by Crippen LogP contribution is 2.42. The van der Waals surface area contributed by atoms with Gasteiger partial charge in [0.25, 0.3) is 0 Å². The van der Waals surface area contributed by atoms with E-state index in [1.165, 1.54) is 30.7 Å². The maximum absolute atomic E-state index is 12.9. The first-order chi connectivity index (χ1) is 13.4. The molecule has 1 saturated carbocycles. The molecule has 5 nitrogen and oxygen atoms in total. The van der Waals surface area contributed by atoms with Crippen molar-refractivity contribution in [3.63, 3.8) is 0 Å². The number of aromatic nitrogens is 3. The standard InChI is InChI=1S/C19H16F3N3O2S/c1-27-18(26)14-8-23-25(17(14)11-5-6-11)9-16-24-15(10-28-16)12-3-2-4-13(7-12)19(20,21)22/h2-4,7-8,10-11H,5-6,9H2,1H3. The van der Waals surface area contributed by atoms with Gasteiger partial charge in [-0.1, -0.05) is 12.1 Å². The summed E-state index contributed by atoms with van der Waals surface area (Å²) in [6.45, 7) is 0.354. The molecule has 9 heteroatoms. The SMILES string of the molecule is COC(=O)c1cnn(Cc2nc(-c3cccc(C(F)(F)F)c3)cs2)c1C1CC1. The third-order valence-electron chi connectivity index (χ3n) is 4.57. The Morgan fingerprint density at radius 3 is 2.82 bits per heavy atom. The molecule has 2 heterocycles. The zero-order valence-corrected chi connectivity index (χ0v) is 15.7. The number of carbonyl (C=O) groups is 1. The normalized spacial score (nSPS) is 14.3. The monoisotopic (exact) mass is 407 g/mol. The van der Waals surface area contributed by atoms with Crippen LogP contribution in [-0.4, -0.2) is 27.8 Å². The molecule has 0 spiro atoms. The summed E-state index contributed by atoms with van der Waals surface area (Å²) in [6.07, 6.45) is -0.916. The van der Waals surface area contributed by atoms with Crippen molar-refractivity contribution in [1.82, 2.24) is 14.8 Å². The van der Waals surface area contributed by atoms with Gasteiger partial charge in [-0.3, -0.25) is 4.68 Å². The van der Waals surface area contributed by atoms with Crippen molar-refractivity contribution < 1.29 is 22.7 Å². The predicted molar refractivity (Wildman–Crippen MR) is 97.2 cm³/mol. The van der Waals surface area contributed by atoms with E-state index in [9.17, 15) is 18.0 Å². The lowest BCUT2D eigenvalue weighted by atomic mass is 10.1. The first-order valence-corrected chi connectivity index (χ1v) is 9.51. The van der Waals surface area contributed by atoms with Gasteiger partial charge in [-0.15, -0.1) is 11.3 Å². The van der Waals surface area contributed by atoms with E-state index in [0.717, 1.165) is 30.7 Å². The highest BCUT2D eigenvalue weighted by molar-refractivity contribution is 7.09. The molecule has 1 fully saturated rings. The average molecular weight is 407 g/mol. The molecule has 4 rings (SSSR count). The van der Waals surface area contributed by atoms with Gasteiger partial charge in [0.15, 0.2) is 0 Å². The molecule has 0 atom stereocenters. The smallest absolute Gasteiger partial charge is 0.416 e. The van der Waals surface area contributed by atoms with Crippen LogP contribution in [0.4, 0.5) is 13.2 Å². The minimum atomic E-state index is -4.40. The fourth-order valence-corrected chi connectivity index (χ4v) is 3.86. The fraction of sp³-hybridized carbons (Fsp3) is 0.316. The summed E-state index contributed by atoms with van der Waals surface area (Å²) in [5, 5.41) is 6.73. The number of hydrogen-bond acceptors (Lipinski definition) is 5. The Balaban J connectivity index is 1.60. The van der Waals surface area contributed by atoms with Gasteiger partial charge in [-0.05, 0) is 25.0 Å². The Bertz CT molecular complexity index is 1020. The number of ether oxygens (including phenoxy) is 1. The van der Waals surface area contributed by atoms with E-state index in [2.05, 4.69) is 10.1 Å². The van der Waals surface area contributed by atoms with Crippen LogP contribution in [0.15, 0.2) is 35.8 Å². The Morgan fingerprint density at radius 2 is 2.14 bits per heavy atom. The van der Waals surface area contributed by atoms with Crippen molar-refractivity contribution in [1.29, 1.82) is 0 Å². The summed E-state index contributed by atoms with van der Waals surface area (Å²) in [5.41, 5.74) is 1.49. The zero-order valence-electron chi connectivity index (χ0n) is 14.9. The van der Waals surface area contributed by atoms with Gasteiger partial charge in [-0.25, -0.2) is 9.78 Å². The van der Waals surface area contributed by atoms with E-state index in [-0.39, 0.29) is 5.92 Å². The van der Waals surface area contributed by atoms with Gasteiger partial charge < -0.3 is 4.74 Å². The van der Waals surface area contributed by atoms with Crippen molar-refractivity contribution >= 4 is 17.3 Å². The Morgan fingerprint density at radius 1 is 1.36 bits per heavy atom. The van der Waals surface area contributed by atoms with Gasteiger partial charge in [-0.2, -0.15) is 18.3 Å². The molecular formula is C19H16F3N3O2S. The zero-order chi connectivity index (χ0) is 19.9. The van der Waals surface area contributed by atoms with Gasteiger partial charge in [0.05, 0.1) is 36.8 Å². The van der Waals surface area contributed by atoms with E-state index in [0.29, 0.717) is 28.4 Å². The molecule has 0 radical (unpaired) electrons. The van der Waals surface area contributed by atoms with Gasteiger partial charge in [0.1, 0.15) is 10.6 Å². The van der Waals surface area contributed by atoms with Crippen LogP contribution in [0.3, 0.4) is 0 Å². The van der Waals surface area contributed by atoms with Crippen molar-refractivity contribution in [3.8, 4) is 11.3 Å². The summed E-state index contributed by atoms with van der Waals surface area (Å²) in [4.78, 5) is 16.4. The fourth-order valence-electron chi connectivity index (χ4n) is 3.07. The highest BCUT2D eigenvalue weighted by Gasteiger charge is 2.33. The van der Waals surface area contributed by atoms with Crippen LogP contribution in [0.2, 0.25) is 0 Å². The van der Waals surface area contributed by atoms with Gasteiger partial charge in [0, 0.05) is 16.9 Å². The summed E-state index contributed by atoms with van der Waals surface area (Å²) in [7, 11) is 1.33. The lowest BCUT2D eigenvalue weighted by Gasteiger charge is -2.07. The van der Waals surface area contributed by atoms with E-state index in [4.69, 9.17) is 4.74 Å². The summed E-state index contributed by atoms with van der Waals surface area (Å²) in [6, 6.07) is 5.11. The molecular weight excluding hydrogens is 391 g/mol. The van der Waals surface area contributed by atoms with Crippen LogP contribution in [-0.2, 0) is 17.5 Å². The molecule has 146 valence electrons. The lowest BCUT2D eigenvalue weighted by molar-refractivity contribution is -0.137. The van der Waals surface area contributed by atoms with Crippen molar-refractivity contribution in [2.24, 2.45) is 0 Å². The number of alkyl halides is 3. The molecule has 28 heavy (non-hydrogen) atoms. The van der Waals surface area contributed by atoms with E-state index < -0.39 is 17.7 Å². The molecule has 1 aliphatic rings. The van der Waals surface area contributed by atoms with E-state index >= 15 is 0 Å². The molecule has 1 aromatic carbocycles. The van der Waals surface area contributed by atoms with E-state index in [1.54, 1.807) is 16.1 Å². The number of benzene rings is 1. The number of methoxy groups -OCH3 is 1. The lowest BCUT2D eigenvalue weighted by Crippen LogP contribution is -2.09. The molecule has 0 unspecified atom stereocenters. The molecule has 3 aromatic rings. The Labute approximate surface area is 162 Å². The molecule has 1 aliphatic carbocycles. The number of halogens is 3. The minimum Gasteiger partial charge on any atom is -0.465 e. The van der Waals surface area contributed by atoms with Crippen LogP contribution in [0.1, 0.15) is 45.4 Å². The average Bonchev–Trinajstić information content (AvgIpc) is 3.25. The second-order valence-corrected chi connectivity index (χ2v) is 7.51. The van der Waals surface area contributed by atoms with Gasteiger partial charge in [0.2, 0.25) is 0 Å². The summed E-state index contributed by atoms with van der Waals surface area (Å²) < 4.78 is 45.4. The molecule has 0 aliphatic heterocycles. The van der Waals surface area contributed by atoms with Crippen molar-refractivity contribution in [3.05, 3.63) is 57.7 Å². The minimum absolute atomic E-state index is 0.277. The van der Waals surface area contributed by atoms with Crippen LogP contribution in [0, 0.1) is 0 Å².